The number of nitrogens with zero attached hydrogens (tertiary/aromatic N) is 4. The first-order valence-electron chi connectivity index (χ1n) is 13.1. The number of carbonyl (C=O) groups is 2. The minimum atomic E-state index is -0.625. The number of imide groups is 1. The van der Waals surface area contributed by atoms with Gasteiger partial charge >= 0.3 is 0 Å². The summed E-state index contributed by atoms with van der Waals surface area (Å²) >= 11 is 0. The van der Waals surface area contributed by atoms with E-state index in [2.05, 4.69) is 0 Å². The number of para-hydroxylation sites is 1. The van der Waals surface area contributed by atoms with E-state index < -0.39 is 17.6 Å². The first-order chi connectivity index (χ1) is 19.2. The number of carbonyl (C=O) groups excluding carboxylic acids is 2. The Morgan fingerprint density at radius 1 is 1.12 bits per heavy atom. The number of benzene rings is 2. The van der Waals surface area contributed by atoms with Crippen LogP contribution in [-0.2, 0) is 14.3 Å². The van der Waals surface area contributed by atoms with Gasteiger partial charge in [-0.3, -0.25) is 14.5 Å². The normalized spacial score (nSPS) is 14.8. The zero-order chi connectivity index (χ0) is 28.8. The van der Waals surface area contributed by atoms with Crippen LogP contribution in [0.3, 0.4) is 0 Å². The molecule has 9 heteroatoms. The quantitative estimate of drug-likeness (QED) is 0.191. The molecule has 0 spiro atoms. The van der Waals surface area contributed by atoms with Gasteiger partial charge in [-0.15, -0.1) is 0 Å². The third-order valence-electron chi connectivity index (χ3n) is 6.37. The molecule has 0 atom stereocenters. The molecule has 1 aliphatic rings. The molecule has 8 nitrogen and oxygen atoms in total. The smallest absolute Gasteiger partial charge is 0.271 e. The molecule has 0 fully saturated rings. The highest BCUT2D eigenvalue weighted by Gasteiger charge is 2.35. The molecule has 1 aliphatic heterocycles. The zero-order valence-corrected chi connectivity index (χ0v) is 23.0. The van der Waals surface area contributed by atoms with E-state index in [1.165, 1.54) is 12.1 Å². The molecule has 0 aliphatic carbocycles. The Bertz CT molecular complexity index is 1520. The van der Waals surface area contributed by atoms with Crippen molar-refractivity contribution in [3.8, 4) is 28.8 Å². The standard InChI is InChI=1S/C31H31FN4O4/c1-5-39-28-13-12-22(17-27(28)32)29-23(19-36(34-29)24-10-7-6-8-11-24)16-25-21(4)26(18-33)31(38)35(30(25)37)14-9-15-40-20(2)3/h6-8,10-13,16-17,19-20H,5,9,14-15H2,1-4H3/b25-16+. The fourth-order valence-electron chi connectivity index (χ4n) is 4.38. The van der Waals surface area contributed by atoms with E-state index in [1.54, 1.807) is 36.9 Å². The Morgan fingerprint density at radius 2 is 1.88 bits per heavy atom. The van der Waals surface area contributed by atoms with E-state index in [0.29, 0.717) is 36.5 Å². The van der Waals surface area contributed by atoms with Crippen LogP contribution in [0.1, 0.15) is 39.7 Å². The molecule has 0 N–H and O–H groups in total. The van der Waals surface area contributed by atoms with Gasteiger partial charge in [-0.2, -0.15) is 10.4 Å². The van der Waals surface area contributed by atoms with Gasteiger partial charge in [-0.1, -0.05) is 18.2 Å². The molecule has 0 unspecified atom stereocenters. The van der Waals surface area contributed by atoms with Gasteiger partial charge in [0.15, 0.2) is 11.6 Å². The summed E-state index contributed by atoms with van der Waals surface area (Å²) < 4.78 is 27.4. The van der Waals surface area contributed by atoms with Gasteiger partial charge in [-0.05, 0) is 76.1 Å². The topological polar surface area (TPSA) is 97.4 Å². The molecule has 0 radical (unpaired) electrons. The van der Waals surface area contributed by atoms with Crippen LogP contribution in [0.5, 0.6) is 5.75 Å². The summed E-state index contributed by atoms with van der Waals surface area (Å²) in [5, 5.41) is 14.5. The van der Waals surface area contributed by atoms with Crippen molar-refractivity contribution in [2.24, 2.45) is 0 Å². The van der Waals surface area contributed by atoms with Crippen molar-refractivity contribution < 1.29 is 23.5 Å². The number of rotatable bonds is 10. The molecule has 4 rings (SSSR count). The second kappa shape index (κ2) is 12.5. The van der Waals surface area contributed by atoms with Crippen LogP contribution in [0.25, 0.3) is 23.0 Å². The van der Waals surface area contributed by atoms with Gasteiger partial charge in [-0.25, -0.2) is 9.07 Å². The fourth-order valence-corrected chi connectivity index (χ4v) is 4.38. The monoisotopic (exact) mass is 542 g/mol. The molecule has 0 saturated carbocycles. The largest absolute Gasteiger partial charge is 0.491 e. The summed E-state index contributed by atoms with van der Waals surface area (Å²) in [6, 6.07) is 15.9. The average Bonchev–Trinajstić information content (AvgIpc) is 3.36. The summed E-state index contributed by atoms with van der Waals surface area (Å²) in [4.78, 5) is 27.7. The predicted molar refractivity (Wildman–Crippen MR) is 149 cm³/mol. The van der Waals surface area contributed by atoms with Crippen molar-refractivity contribution >= 4 is 17.9 Å². The van der Waals surface area contributed by atoms with Crippen molar-refractivity contribution in [2.75, 3.05) is 19.8 Å². The number of nitriles is 1. The Morgan fingerprint density at radius 3 is 2.52 bits per heavy atom. The highest BCUT2D eigenvalue weighted by molar-refractivity contribution is 6.19. The summed E-state index contributed by atoms with van der Waals surface area (Å²) in [6.45, 7) is 7.97. The lowest BCUT2D eigenvalue weighted by Gasteiger charge is -2.27. The summed E-state index contributed by atoms with van der Waals surface area (Å²) in [5.41, 5.74) is 2.56. The lowest BCUT2D eigenvalue weighted by atomic mass is 9.93. The Kier molecular flexibility index (Phi) is 8.92. The van der Waals surface area contributed by atoms with Gasteiger partial charge in [0, 0.05) is 36.0 Å². The highest BCUT2D eigenvalue weighted by atomic mass is 19.1. The summed E-state index contributed by atoms with van der Waals surface area (Å²) in [7, 11) is 0. The Labute approximate surface area is 232 Å². The molecule has 2 heterocycles. The fraction of sp³-hybridized carbons (Fsp3) is 0.290. The molecule has 3 aromatic rings. The molecular weight excluding hydrogens is 511 g/mol. The molecule has 1 aromatic heterocycles. The molecule has 40 heavy (non-hydrogen) atoms. The van der Waals surface area contributed by atoms with Crippen molar-refractivity contribution in [1.29, 1.82) is 5.26 Å². The van der Waals surface area contributed by atoms with Crippen molar-refractivity contribution in [3.63, 3.8) is 0 Å². The maximum atomic E-state index is 14.8. The molecule has 2 aromatic carbocycles. The average molecular weight is 543 g/mol. The van der Waals surface area contributed by atoms with Crippen LogP contribution in [0.15, 0.2) is 71.4 Å². The van der Waals surface area contributed by atoms with Gasteiger partial charge in [0.1, 0.15) is 17.3 Å². The number of ether oxygens (including phenoxy) is 2. The maximum Gasteiger partial charge on any atom is 0.271 e. The van der Waals surface area contributed by atoms with Gasteiger partial charge in [0.05, 0.1) is 18.4 Å². The molecular formula is C31H31FN4O4. The SMILES string of the molecule is CCOc1ccc(-c2nn(-c3ccccc3)cc2/C=C2/C(=O)N(CCCOC(C)C)C(=O)C(C#N)=C2C)cc1F. The van der Waals surface area contributed by atoms with Crippen molar-refractivity contribution in [3.05, 3.63) is 82.8 Å². The minimum Gasteiger partial charge on any atom is -0.491 e. The van der Waals surface area contributed by atoms with E-state index >= 15 is 0 Å². The Balaban J connectivity index is 1.81. The van der Waals surface area contributed by atoms with E-state index in [4.69, 9.17) is 14.6 Å². The predicted octanol–water partition coefficient (Wildman–Crippen LogP) is 5.48. The minimum absolute atomic E-state index is 0.0204. The summed E-state index contributed by atoms with van der Waals surface area (Å²) in [6.07, 6.45) is 3.79. The second-order valence-corrected chi connectivity index (χ2v) is 9.50. The molecule has 0 bridgehead atoms. The van der Waals surface area contributed by atoms with Crippen LogP contribution >= 0.6 is 0 Å². The van der Waals surface area contributed by atoms with Crippen LogP contribution in [0.2, 0.25) is 0 Å². The first kappa shape index (κ1) is 28.5. The zero-order valence-electron chi connectivity index (χ0n) is 23.0. The van der Waals surface area contributed by atoms with Crippen LogP contribution in [0.4, 0.5) is 4.39 Å². The third-order valence-corrected chi connectivity index (χ3v) is 6.37. The van der Waals surface area contributed by atoms with Crippen LogP contribution in [0, 0.1) is 17.1 Å². The number of halogens is 1. The number of amides is 2. The van der Waals surface area contributed by atoms with E-state index in [1.807, 2.05) is 50.2 Å². The number of hydrogen-bond donors (Lipinski definition) is 0. The third kappa shape index (κ3) is 6.03. The highest BCUT2D eigenvalue weighted by Crippen LogP contribution is 2.32. The van der Waals surface area contributed by atoms with E-state index in [0.717, 1.165) is 10.6 Å². The number of hydrogen-bond acceptors (Lipinski definition) is 6. The maximum absolute atomic E-state index is 14.8. The Hall–Kier alpha value is -4.55. The van der Waals surface area contributed by atoms with Crippen molar-refractivity contribution in [2.45, 2.75) is 40.2 Å². The molecule has 0 saturated heterocycles. The van der Waals surface area contributed by atoms with Gasteiger partial charge in [0.2, 0.25) is 0 Å². The lowest BCUT2D eigenvalue weighted by molar-refractivity contribution is -0.140. The van der Waals surface area contributed by atoms with Gasteiger partial charge in [0.25, 0.3) is 11.8 Å². The molecule has 206 valence electrons. The van der Waals surface area contributed by atoms with Crippen LogP contribution in [-0.4, -0.2) is 52.4 Å². The lowest BCUT2D eigenvalue weighted by Crippen LogP contribution is -2.43. The van der Waals surface area contributed by atoms with E-state index in [-0.39, 0.29) is 35.1 Å². The van der Waals surface area contributed by atoms with Crippen molar-refractivity contribution in [1.82, 2.24) is 14.7 Å². The first-order valence-corrected chi connectivity index (χ1v) is 13.1. The van der Waals surface area contributed by atoms with E-state index in [9.17, 15) is 19.2 Å². The molecule has 2 amide bonds. The van der Waals surface area contributed by atoms with Crippen LogP contribution < -0.4 is 4.74 Å². The second-order valence-electron chi connectivity index (χ2n) is 9.50. The number of aromatic nitrogens is 2. The summed E-state index contributed by atoms with van der Waals surface area (Å²) in [5.74, 6) is -1.55. The van der Waals surface area contributed by atoms with Gasteiger partial charge < -0.3 is 9.47 Å².